The molecule has 0 spiro atoms. The van der Waals surface area contributed by atoms with Crippen molar-refractivity contribution in [2.75, 3.05) is 55.4 Å². The molecule has 1 atom stereocenters. The number of carbonyl (C=O) groups excluding carboxylic acids is 3. The highest BCUT2D eigenvalue weighted by Gasteiger charge is 2.30. The van der Waals surface area contributed by atoms with Crippen molar-refractivity contribution in [3.63, 3.8) is 0 Å². The van der Waals surface area contributed by atoms with E-state index in [1.54, 1.807) is 60.1 Å². The second-order valence-electron chi connectivity index (χ2n) is 10.8. The number of carbonyl (C=O) groups is 3. The highest BCUT2D eigenvalue weighted by atomic mass is 32.1. The number of piperazine rings is 1. The third-order valence-electron chi connectivity index (χ3n) is 7.80. The van der Waals surface area contributed by atoms with Gasteiger partial charge in [0.25, 0.3) is 5.91 Å². The van der Waals surface area contributed by atoms with Crippen LogP contribution in [-0.4, -0.2) is 68.5 Å². The number of hydrogen-bond donors (Lipinski definition) is 2. The quantitative estimate of drug-likeness (QED) is 0.184. The number of thiophene rings is 1. The Balaban J connectivity index is 1.13. The molecule has 2 aliphatic heterocycles. The summed E-state index contributed by atoms with van der Waals surface area (Å²) in [6, 6.07) is 21.8. The zero-order valence-corrected chi connectivity index (χ0v) is 25.4. The highest BCUT2D eigenvalue weighted by molar-refractivity contribution is 7.12. The van der Waals surface area contributed by atoms with Crippen LogP contribution in [0, 0.1) is 0 Å². The number of hydrogen-bond acceptors (Lipinski definition) is 8. The molecule has 44 heavy (non-hydrogen) atoms. The van der Waals surface area contributed by atoms with Gasteiger partial charge in [0.2, 0.25) is 5.91 Å². The van der Waals surface area contributed by atoms with Crippen molar-refractivity contribution in [3.8, 4) is 5.75 Å². The smallest absolute Gasteiger partial charge is 0.269 e. The third-order valence-corrected chi connectivity index (χ3v) is 8.69. The van der Waals surface area contributed by atoms with Crippen molar-refractivity contribution in [1.29, 1.82) is 0 Å². The van der Waals surface area contributed by atoms with Gasteiger partial charge >= 0.3 is 0 Å². The first kappa shape index (κ1) is 29.3. The molecule has 9 nitrogen and oxygen atoms in total. The van der Waals surface area contributed by atoms with E-state index in [1.165, 1.54) is 17.0 Å². The Hall–Kier alpha value is -4.80. The van der Waals surface area contributed by atoms with Crippen molar-refractivity contribution in [1.82, 2.24) is 4.90 Å². The van der Waals surface area contributed by atoms with Crippen LogP contribution < -0.4 is 20.3 Å². The van der Waals surface area contributed by atoms with E-state index in [0.29, 0.717) is 39.7 Å². The molecule has 0 radical (unpaired) electrons. The van der Waals surface area contributed by atoms with E-state index >= 15 is 0 Å². The minimum absolute atomic E-state index is 0.188. The number of fused-ring (bicyclic) bond motifs is 1. The molecular formula is C34H33N5O4S. The molecule has 1 aromatic heterocycles. The van der Waals surface area contributed by atoms with Crippen LogP contribution in [0.4, 0.5) is 22.7 Å². The topological polar surface area (TPSA) is 103 Å². The molecule has 1 saturated heterocycles. The van der Waals surface area contributed by atoms with Gasteiger partial charge in [-0.25, -0.2) is 0 Å². The van der Waals surface area contributed by atoms with Crippen LogP contribution in [-0.2, 0) is 4.79 Å². The molecule has 10 heteroatoms. The number of aliphatic imine (C=N–C) groups is 1. The van der Waals surface area contributed by atoms with Crippen molar-refractivity contribution >= 4 is 57.9 Å². The van der Waals surface area contributed by atoms with E-state index in [0.717, 1.165) is 37.4 Å². The Morgan fingerprint density at radius 2 is 1.80 bits per heavy atom. The maximum atomic E-state index is 13.4. The predicted molar refractivity (Wildman–Crippen MR) is 175 cm³/mol. The number of ether oxygens (including phenoxy) is 1. The first-order valence-electron chi connectivity index (χ1n) is 14.6. The molecule has 1 unspecified atom stereocenters. The summed E-state index contributed by atoms with van der Waals surface area (Å²) in [6.45, 7) is 6.40. The molecule has 2 N–H and O–H groups in total. The number of amides is 2. The minimum atomic E-state index is -0.552. The molecule has 1 fully saturated rings. The lowest BCUT2D eigenvalue weighted by Crippen LogP contribution is -2.44. The van der Waals surface area contributed by atoms with Gasteiger partial charge in [-0.1, -0.05) is 24.3 Å². The number of rotatable bonds is 9. The Labute approximate surface area is 260 Å². The Bertz CT molecular complexity index is 1720. The van der Waals surface area contributed by atoms with Crippen molar-refractivity contribution in [3.05, 3.63) is 99.7 Å². The summed E-state index contributed by atoms with van der Waals surface area (Å²) in [7, 11) is 2.14. The Morgan fingerprint density at radius 3 is 2.57 bits per heavy atom. The van der Waals surface area contributed by atoms with Gasteiger partial charge < -0.3 is 25.2 Å². The average molecular weight is 608 g/mol. The zero-order valence-electron chi connectivity index (χ0n) is 24.6. The summed E-state index contributed by atoms with van der Waals surface area (Å²) in [5.41, 5.74) is 4.65. The first-order valence-corrected chi connectivity index (χ1v) is 15.5. The largest absolute Gasteiger partial charge is 0.492 e. The highest BCUT2D eigenvalue weighted by Crippen LogP contribution is 2.34. The molecule has 4 aromatic rings. The first-order chi connectivity index (χ1) is 21.4. The molecule has 224 valence electrons. The summed E-state index contributed by atoms with van der Waals surface area (Å²) < 4.78 is 5.53. The van der Waals surface area contributed by atoms with Crippen LogP contribution >= 0.6 is 11.3 Å². The van der Waals surface area contributed by atoms with Crippen molar-refractivity contribution < 1.29 is 19.1 Å². The summed E-state index contributed by atoms with van der Waals surface area (Å²) in [4.78, 5) is 48.8. The average Bonchev–Trinajstić information content (AvgIpc) is 3.63. The number of nitrogens with one attached hydrogen (secondary N) is 2. The summed E-state index contributed by atoms with van der Waals surface area (Å²) in [6.07, 6.45) is 1.66. The lowest BCUT2D eigenvalue weighted by Gasteiger charge is -2.34. The Kier molecular flexibility index (Phi) is 8.53. The Morgan fingerprint density at radius 1 is 1.02 bits per heavy atom. The maximum Gasteiger partial charge on any atom is 0.269 e. The van der Waals surface area contributed by atoms with Gasteiger partial charge in [0.1, 0.15) is 16.5 Å². The lowest BCUT2D eigenvalue weighted by atomic mass is 9.97. The second-order valence-corrected chi connectivity index (χ2v) is 11.7. The summed E-state index contributed by atoms with van der Waals surface area (Å²) in [5.74, 6) is -0.727. The number of benzene rings is 3. The molecule has 0 saturated carbocycles. The summed E-state index contributed by atoms with van der Waals surface area (Å²) in [5, 5.41) is 7.55. The number of likely N-dealkylation sites (N-methyl/N-ethyl adjacent to an activating group) is 1. The molecule has 3 heterocycles. The van der Waals surface area contributed by atoms with Crippen molar-refractivity contribution in [2.45, 2.75) is 12.8 Å². The second kappa shape index (κ2) is 12.8. The zero-order chi connectivity index (χ0) is 30.6. The molecule has 6 rings (SSSR count). The van der Waals surface area contributed by atoms with E-state index < -0.39 is 5.92 Å². The fraction of sp³-hybridized carbons (Fsp3) is 0.235. The predicted octanol–water partition coefficient (Wildman–Crippen LogP) is 5.82. The van der Waals surface area contributed by atoms with E-state index in [1.807, 2.05) is 19.1 Å². The number of anilines is 3. The molecule has 3 aromatic carbocycles. The number of nitrogens with zero attached hydrogens (tertiary/aromatic N) is 3. The van der Waals surface area contributed by atoms with Crippen LogP contribution in [0.2, 0.25) is 0 Å². The monoisotopic (exact) mass is 607 g/mol. The summed E-state index contributed by atoms with van der Waals surface area (Å²) >= 11 is 1.29. The SMILES string of the molecule is CCOc1ccsc1C(=O)Nc1cccc(C(=O)c2ccc3c(c2)NC(=O)C3C=Nc2ccc(N3CCN(C)CC3)cc2)c1. The minimum Gasteiger partial charge on any atom is -0.492 e. The van der Waals surface area contributed by atoms with Crippen LogP contribution in [0.15, 0.2) is 83.2 Å². The standard InChI is InChI=1S/C34H33N5O4S/c1-3-43-30-13-18-44-32(30)34(42)36-25-6-4-5-22(19-25)31(40)23-7-12-27-28(33(41)37-29(27)20-23)21-35-24-8-10-26(11-9-24)39-16-14-38(2)15-17-39/h4-13,18-21,28H,3,14-17H2,1-2H3,(H,36,42)(H,37,41). The van der Waals surface area contributed by atoms with Gasteiger partial charge in [-0.2, -0.15) is 0 Å². The van der Waals surface area contributed by atoms with Gasteiger partial charge in [-0.3, -0.25) is 19.4 Å². The molecular weight excluding hydrogens is 574 g/mol. The lowest BCUT2D eigenvalue weighted by molar-refractivity contribution is -0.115. The van der Waals surface area contributed by atoms with E-state index in [-0.39, 0.29) is 17.6 Å². The molecule has 0 aliphatic carbocycles. The molecule has 2 amide bonds. The molecule has 2 aliphatic rings. The fourth-order valence-corrected chi connectivity index (χ4v) is 6.11. The van der Waals surface area contributed by atoms with Gasteiger partial charge in [-0.15, -0.1) is 11.3 Å². The van der Waals surface area contributed by atoms with Crippen LogP contribution in [0.3, 0.4) is 0 Å². The van der Waals surface area contributed by atoms with Gasteiger partial charge in [-0.05, 0) is 73.4 Å². The fourth-order valence-electron chi connectivity index (χ4n) is 5.38. The van der Waals surface area contributed by atoms with Crippen LogP contribution in [0.25, 0.3) is 0 Å². The number of ketones is 1. The van der Waals surface area contributed by atoms with E-state index in [4.69, 9.17) is 4.74 Å². The normalized spacial score (nSPS) is 16.5. The van der Waals surface area contributed by atoms with Gasteiger partial charge in [0.15, 0.2) is 5.78 Å². The van der Waals surface area contributed by atoms with Crippen LogP contribution in [0.1, 0.15) is 44.0 Å². The van der Waals surface area contributed by atoms with E-state index in [2.05, 4.69) is 44.6 Å². The van der Waals surface area contributed by atoms with Gasteiger partial charge in [0.05, 0.1) is 12.3 Å². The molecule has 0 bridgehead atoms. The van der Waals surface area contributed by atoms with Gasteiger partial charge in [0, 0.05) is 60.6 Å². The van der Waals surface area contributed by atoms with E-state index in [9.17, 15) is 14.4 Å². The van der Waals surface area contributed by atoms with Crippen molar-refractivity contribution in [2.24, 2.45) is 4.99 Å². The third kappa shape index (κ3) is 6.27. The maximum absolute atomic E-state index is 13.4. The van der Waals surface area contributed by atoms with Crippen LogP contribution in [0.5, 0.6) is 5.75 Å².